The van der Waals surface area contributed by atoms with Gasteiger partial charge in [-0.2, -0.15) is 0 Å². The highest BCUT2D eigenvalue weighted by Gasteiger charge is 2.21. The zero-order valence-corrected chi connectivity index (χ0v) is 15.3. The molecule has 0 spiro atoms. The Morgan fingerprint density at radius 3 is 2.63 bits per heavy atom. The van der Waals surface area contributed by atoms with Crippen molar-refractivity contribution in [3.63, 3.8) is 0 Å². The van der Waals surface area contributed by atoms with Gasteiger partial charge in [0.25, 0.3) is 11.5 Å². The topological polar surface area (TPSA) is 127 Å². The Morgan fingerprint density at radius 2 is 2.04 bits per heavy atom. The summed E-state index contributed by atoms with van der Waals surface area (Å²) in [4.78, 5) is 33.3. The lowest BCUT2D eigenvalue weighted by Gasteiger charge is -2.27. The Labute approximate surface area is 156 Å². The van der Waals surface area contributed by atoms with Gasteiger partial charge in [-0.3, -0.25) is 9.59 Å². The molecule has 2 heterocycles. The van der Waals surface area contributed by atoms with Crippen LogP contribution < -0.4 is 27.2 Å². The maximum atomic E-state index is 12.7. The molecule has 2 aromatic heterocycles. The molecular weight excluding hydrogens is 346 g/mol. The van der Waals surface area contributed by atoms with Crippen LogP contribution in [-0.4, -0.2) is 34.5 Å². The molecule has 0 unspecified atom stereocenters. The highest BCUT2D eigenvalue weighted by Crippen LogP contribution is 2.30. The summed E-state index contributed by atoms with van der Waals surface area (Å²) in [6.07, 6.45) is 6.14. The van der Waals surface area contributed by atoms with E-state index in [-0.39, 0.29) is 23.0 Å². The van der Waals surface area contributed by atoms with Crippen molar-refractivity contribution in [1.29, 1.82) is 0 Å². The van der Waals surface area contributed by atoms with E-state index in [9.17, 15) is 9.59 Å². The molecule has 0 aromatic carbocycles. The van der Waals surface area contributed by atoms with Crippen LogP contribution in [0.2, 0.25) is 0 Å². The first-order chi connectivity index (χ1) is 13.1. The third kappa shape index (κ3) is 3.76. The number of carbonyl (C=O) groups is 1. The first kappa shape index (κ1) is 18.4. The predicted molar refractivity (Wildman–Crippen MR) is 105 cm³/mol. The fourth-order valence-electron chi connectivity index (χ4n) is 2.84. The molecule has 1 aliphatic carbocycles. The number of carbonyl (C=O) groups excluding carboxylic acids is 1. The monoisotopic (exact) mass is 369 g/mol. The summed E-state index contributed by atoms with van der Waals surface area (Å²) in [5.41, 5.74) is 6.02. The number of amides is 1. The molecular formula is C18H23N7O2. The van der Waals surface area contributed by atoms with Crippen LogP contribution in [0.5, 0.6) is 0 Å². The lowest BCUT2D eigenvalue weighted by molar-refractivity contribution is -0.115. The average molecular weight is 369 g/mol. The van der Waals surface area contributed by atoms with Gasteiger partial charge in [-0.25, -0.2) is 9.97 Å². The second kappa shape index (κ2) is 7.90. The summed E-state index contributed by atoms with van der Waals surface area (Å²) >= 11 is 0. The van der Waals surface area contributed by atoms with Crippen LogP contribution in [0.4, 0.5) is 17.3 Å². The highest BCUT2D eigenvalue weighted by atomic mass is 16.1. The molecule has 9 nitrogen and oxygen atoms in total. The van der Waals surface area contributed by atoms with Gasteiger partial charge in [0.05, 0.1) is 5.57 Å². The number of likely N-dealkylation sites (N-methyl/N-ethyl adjacent to an activating group) is 1. The summed E-state index contributed by atoms with van der Waals surface area (Å²) in [5.74, 6) is 0.627. The molecule has 1 amide bonds. The normalized spacial score (nSPS) is 14.4. The molecule has 142 valence electrons. The van der Waals surface area contributed by atoms with Gasteiger partial charge in [-0.15, -0.1) is 0 Å². The number of pyridine rings is 1. The summed E-state index contributed by atoms with van der Waals surface area (Å²) in [6.45, 7) is 0. The number of nitrogens with zero attached hydrogens (tertiary/aromatic N) is 3. The number of anilines is 3. The van der Waals surface area contributed by atoms with Crippen molar-refractivity contribution in [3.8, 4) is 0 Å². The number of nitrogens with two attached hydrogens (primary N) is 1. The lowest BCUT2D eigenvalue weighted by atomic mass is 9.93. The van der Waals surface area contributed by atoms with Crippen LogP contribution in [0, 0.1) is 0 Å². The smallest absolute Gasteiger partial charge is 0.274 e. The lowest BCUT2D eigenvalue weighted by Crippen LogP contribution is -2.29. The van der Waals surface area contributed by atoms with E-state index in [0.29, 0.717) is 17.3 Å². The number of hydrogen-bond acceptors (Lipinski definition) is 7. The number of nitrogens with one attached hydrogen (secondary N) is 3. The van der Waals surface area contributed by atoms with Crippen molar-refractivity contribution in [1.82, 2.24) is 19.9 Å². The van der Waals surface area contributed by atoms with E-state index < -0.39 is 5.91 Å². The molecule has 2 aromatic rings. The standard InChI is InChI=1S/C18H23N7O2/c1-20-14-9-15(24-16(23-14)12(10-19)17(26)21-2)22-13-7-4-8-25(18(13)27)11-5-3-6-11/h4,7-11H,3,5-6,19H2,1-2H3,(H,21,26)(H2,20,22,23,24)/b12-10+. The Bertz CT molecular complexity index is 932. The minimum atomic E-state index is -0.399. The first-order valence-electron chi connectivity index (χ1n) is 8.76. The van der Waals surface area contributed by atoms with Gasteiger partial charge in [0.15, 0.2) is 5.82 Å². The van der Waals surface area contributed by atoms with Crippen molar-refractivity contribution in [3.05, 3.63) is 46.8 Å². The maximum Gasteiger partial charge on any atom is 0.274 e. The van der Waals surface area contributed by atoms with E-state index in [0.717, 1.165) is 25.5 Å². The van der Waals surface area contributed by atoms with Crippen LogP contribution in [0.25, 0.3) is 5.57 Å². The Kier molecular flexibility index (Phi) is 5.39. The second-order valence-corrected chi connectivity index (χ2v) is 6.22. The van der Waals surface area contributed by atoms with Gasteiger partial charge in [0.1, 0.15) is 17.3 Å². The molecule has 1 fully saturated rings. The summed E-state index contributed by atoms with van der Waals surface area (Å²) in [7, 11) is 3.20. The summed E-state index contributed by atoms with van der Waals surface area (Å²) < 4.78 is 1.75. The quantitative estimate of drug-likeness (QED) is 0.563. The number of hydrogen-bond donors (Lipinski definition) is 4. The fraction of sp³-hybridized carbons (Fsp3) is 0.333. The molecule has 0 aliphatic heterocycles. The molecule has 1 saturated carbocycles. The minimum Gasteiger partial charge on any atom is -0.404 e. The van der Waals surface area contributed by atoms with Crippen molar-refractivity contribution in [2.24, 2.45) is 5.73 Å². The molecule has 9 heteroatoms. The maximum absolute atomic E-state index is 12.7. The fourth-order valence-corrected chi connectivity index (χ4v) is 2.84. The van der Waals surface area contributed by atoms with E-state index in [1.807, 2.05) is 12.3 Å². The average Bonchev–Trinajstić information content (AvgIpc) is 2.63. The van der Waals surface area contributed by atoms with E-state index in [1.54, 1.807) is 23.7 Å². The van der Waals surface area contributed by atoms with Crippen molar-refractivity contribution < 1.29 is 4.79 Å². The van der Waals surface area contributed by atoms with E-state index in [1.165, 1.54) is 7.05 Å². The van der Waals surface area contributed by atoms with Crippen molar-refractivity contribution >= 4 is 28.8 Å². The number of aromatic nitrogens is 3. The van der Waals surface area contributed by atoms with Crippen LogP contribution >= 0.6 is 0 Å². The molecule has 27 heavy (non-hydrogen) atoms. The van der Waals surface area contributed by atoms with E-state index in [2.05, 4.69) is 25.9 Å². The van der Waals surface area contributed by atoms with Gasteiger partial charge in [0.2, 0.25) is 0 Å². The molecule has 5 N–H and O–H groups in total. The van der Waals surface area contributed by atoms with Gasteiger partial charge >= 0.3 is 0 Å². The van der Waals surface area contributed by atoms with Crippen molar-refractivity contribution in [2.75, 3.05) is 24.7 Å². The molecule has 0 bridgehead atoms. The highest BCUT2D eigenvalue weighted by molar-refractivity contribution is 6.18. The number of rotatable bonds is 6. The Morgan fingerprint density at radius 1 is 1.30 bits per heavy atom. The van der Waals surface area contributed by atoms with Gasteiger partial charge < -0.3 is 26.3 Å². The van der Waals surface area contributed by atoms with Crippen LogP contribution in [0.15, 0.2) is 35.4 Å². The summed E-state index contributed by atoms with van der Waals surface area (Å²) in [5, 5.41) is 8.46. The van der Waals surface area contributed by atoms with Crippen LogP contribution in [0.3, 0.4) is 0 Å². The van der Waals surface area contributed by atoms with E-state index in [4.69, 9.17) is 5.73 Å². The zero-order valence-electron chi connectivity index (χ0n) is 15.3. The van der Waals surface area contributed by atoms with Gasteiger partial charge in [-0.1, -0.05) is 0 Å². The molecule has 0 radical (unpaired) electrons. The first-order valence-corrected chi connectivity index (χ1v) is 8.76. The van der Waals surface area contributed by atoms with Crippen LogP contribution in [-0.2, 0) is 4.79 Å². The largest absolute Gasteiger partial charge is 0.404 e. The zero-order chi connectivity index (χ0) is 19.4. The summed E-state index contributed by atoms with van der Waals surface area (Å²) in [6, 6.07) is 5.45. The minimum absolute atomic E-state index is 0.103. The Hall–Kier alpha value is -3.36. The van der Waals surface area contributed by atoms with Gasteiger partial charge in [-0.05, 0) is 31.4 Å². The second-order valence-electron chi connectivity index (χ2n) is 6.22. The third-order valence-corrected chi connectivity index (χ3v) is 4.57. The molecule has 0 saturated heterocycles. The SMILES string of the molecule is CNC(=O)/C(=C/N)c1nc(NC)cc(Nc2cccn(C3CCC3)c2=O)n1. The molecule has 3 rings (SSSR count). The molecule has 0 atom stereocenters. The Balaban J connectivity index is 1.97. The predicted octanol–water partition coefficient (Wildman–Crippen LogP) is 1.19. The van der Waals surface area contributed by atoms with E-state index >= 15 is 0 Å². The van der Waals surface area contributed by atoms with Gasteiger partial charge in [0, 0.05) is 38.6 Å². The third-order valence-electron chi connectivity index (χ3n) is 4.57. The molecule has 1 aliphatic rings. The van der Waals surface area contributed by atoms with Crippen molar-refractivity contribution in [2.45, 2.75) is 25.3 Å². The van der Waals surface area contributed by atoms with Crippen LogP contribution in [0.1, 0.15) is 31.1 Å².